The molecule has 36 heavy (non-hydrogen) atoms. The first-order valence-corrected chi connectivity index (χ1v) is 12.1. The van der Waals surface area contributed by atoms with Gasteiger partial charge in [-0.2, -0.15) is 0 Å². The van der Waals surface area contributed by atoms with E-state index >= 15 is 0 Å². The van der Waals surface area contributed by atoms with Gasteiger partial charge in [0.2, 0.25) is 5.91 Å². The lowest BCUT2D eigenvalue weighted by molar-refractivity contribution is -0.142. The van der Waals surface area contributed by atoms with Crippen molar-refractivity contribution < 1.29 is 24.2 Å². The summed E-state index contributed by atoms with van der Waals surface area (Å²) in [5, 5.41) is 15.9. The summed E-state index contributed by atoms with van der Waals surface area (Å²) in [6.45, 7) is 1.74. The van der Waals surface area contributed by atoms with E-state index in [1.165, 1.54) is 6.20 Å². The normalized spacial score (nSPS) is 23.1. The zero-order chi connectivity index (χ0) is 25.1. The molecular weight excluding hydrogens is 458 g/mol. The van der Waals surface area contributed by atoms with Gasteiger partial charge in [-0.25, -0.2) is 0 Å². The molecular formula is C28H29N3O5. The number of hydrogen-bond donors (Lipinski definition) is 3. The van der Waals surface area contributed by atoms with Crippen LogP contribution < -0.4 is 15.4 Å². The highest BCUT2D eigenvalue weighted by Crippen LogP contribution is 2.47. The predicted octanol–water partition coefficient (Wildman–Crippen LogP) is 3.60. The summed E-state index contributed by atoms with van der Waals surface area (Å²) in [7, 11) is 0. The molecule has 0 saturated carbocycles. The Bertz CT molecular complexity index is 1220. The molecule has 0 radical (unpaired) electrons. The van der Waals surface area contributed by atoms with Gasteiger partial charge in [-0.1, -0.05) is 30.3 Å². The van der Waals surface area contributed by atoms with E-state index < -0.39 is 6.10 Å². The van der Waals surface area contributed by atoms with Crippen LogP contribution in [0.15, 0.2) is 73.1 Å². The average Bonchev–Trinajstić information content (AvgIpc) is 3.27. The number of amides is 2. The molecule has 2 aliphatic heterocycles. The van der Waals surface area contributed by atoms with Crippen molar-refractivity contribution in [2.45, 2.75) is 50.0 Å². The molecule has 5 atom stereocenters. The van der Waals surface area contributed by atoms with Crippen LogP contribution in [0, 0.1) is 0 Å². The number of aromatic nitrogens is 1. The number of rotatable bonds is 7. The molecule has 0 bridgehead atoms. The maximum Gasteiger partial charge on any atom is 0.257 e. The molecule has 8 heteroatoms. The number of fused-ring (bicyclic) bond motifs is 3. The lowest BCUT2D eigenvalue weighted by atomic mass is 9.84. The van der Waals surface area contributed by atoms with E-state index in [4.69, 9.17) is 9.47 Å². The fraction of sp³-hybridized carbons (Fsp3) is 0.321. The molecule has 1 fully saturated rings. The lowest BCUT2D eigenvalue weighted by Crippen LogP contribution is -2.47. The van der Waals surface area contributed by atoms with E-state index in [1.54, 1.807) is 24.4 Å². The molecule has 2 aromatic carbocycles. The van der Waals surface area contributed by atoms with Crippen molar-refractivity contribution in [1.29, 1.82) is 0 Å². The molecule has 3 aromatic rings. The fourth-order valence-electron chi connectivity index (χ4n) is 5.00. The number of nitrogens with one attached hydrogen (secondary N) is 2. The van der Waals surface area contributed by atoms with Crippen LogP contribution in [0.5, 0.6) is 5.75 Å². The Morgan fingerprint density at radius 3 is 2.72 bits per heavy atom. The Morgan fingerprint density at radius 1 is 1.14 bits per heavy atom. The summed E-state index contributed by atoms with van der Waals surface area (Å²) in [6.07, 6.45) is 2.62. The highest BCUT2D eigenvalue weighted by atomic mass is 16.6. The van der Waals surface area contributed by atoms with Gasteiger partial charge in [0.15, 0.2) is 0 Å². The van der Waals surface area contributed by atoms with Crippen LogP contribution in [-0.2, 0) is 9.53 Å². The van der Waals surface area contributed by atoms with Gasteiger partial charge >= 0.3 is 0 Å². The van der Waals surface area contributed by atoms with Gasteiger partial charge in [-0.3, -0.25) is 14.6 Å². The third kappa shape index (κ3) is 5.10. The van der Waals surface area contributed by atoms with E-state index in [0.29, 0.717) is 23.4 Å². The van der Waals surface area contributed by atoms with Gasteiger partial charge in [0.25, 0.3) is 5.91 Å². The zero-order valence-electron chi connectivity index (χ0n) is 20.0. The van der Waals surface area contributed by atoms with E-state index in [0.717, 1.165) is 11.1 Å². The lowest BCUT2D eigenvalue weighted by Gasteiger charge is -2.37. The number of aliphatic hydroxyl groups excluding tert-OH is 1. The van der Waals surface area contributed by atoms with Gasteiger partial charge in [0.05, 0.1) is 30.7 Å². The number of ether oxygens (including phenoxy) is 2. The smallest absolute Gasteiger partial charge is 0.257 e. The molecule has 3 N–H and O–H groups in total. The summed E-state index contributed by atoms with van der Waals surface area (Å²) in [5.74, 6) is 0.281. The van der Waals surface area contributed by atoms with Gasteiger partial charge in [-0.15, -0.1) is 0 Å². The van der Waals surface area contributed by atoms with Gasteiger partial charge in [0.1, 0.15) is 18.0 Å². The van der Waals surface area contributed by atoms with Crippen molar-refractivity contribution >= 4 is 17.5 Å². The Labute approximate surface area is 209 Å². The molecule has 0 unspecified atom stereocenters. The van der Waals surface area contributed by atoms with Crippen LogP contribution >= 0.6 is 0 Å². The monoisotopic (exact) mass is 487 g/mol. The van der Waals surface area contributed by atoms with E-state index in [9.17, 15) is 14.7 Å². The zero-order valence-corrected chi connectivity index (χ0v) is 20.0. The highest BCUT2D eigenvalue weighted by molar-refractivity contribution is 6.04. The molecule has 5 rings (SSSR count). The van der Waals surface area contributed by atoms with Crippen molar-refractivity contribution in [1.82, 2.24) is 10.3 Å². The maximum atomic E-state index is 12.8. The molecule has 3 heterocycles. The first-order valence-electron chi connectivity index (χ1n) is 12.1. The number of carbonyl (C=O) groups is 2. The predicted molar refractivity (Wildman–Crippen MR) is 134 cm³/mol. The number of carbonyl (C=O) groups excluding carboxylic acids is 2. The number of benzene rings is 2. The molecule has 2 aliphatic rings. The Balaban J connectivity index is 1.28. The number of hydrogen-bond acceptors (Lipinski definition) is 6. The van der Waals surface area contributed by atoms with Crippen LogP contribution in [0.1, 0.15) is 53.2 Å². The summed E-state index contributed by atoms with van der Waals surface area (Å²) in [4.78, 5) is 29.4. The molecule has 8 nitrogen and oxygen atoms in total. The first-order chi connectivity index (χ1) is 17.5. The Hall–Kier alpha value is -3.75. The van der Waals surface area contributed by atoms with Gasteiger partial charge in [-0.05, 0) is 49.2 Å². The number of aliphatic hydroxyl groups is 1. The standard InChI is InChI=1S/C28H29N3O5/c1-17(18-6-3-2-4-7-18)30-26(33)14-21-13-23-22-12-20(31-28(34)19-8-5-11-29-15-19)9-10-24(22)36-27(23)25(16-32)35-21/h2-12,15,17,21,23,25,27,32H,13-14,16H2,1H3,(H,30,33)(H,31,34)/t17-,21-,23-,25+,27+/m1/s1. The summed E-state index contributed by atoms with van der Waals surface area (Å²) < 4.78 is 12.2. The minimum atomic E-state index is -0.547. The Kier molecular flexibility index (Phi) is 6.97. The summed E-state index contributed by atoms with van der Waals surface area (Å²) in [5.41, 5.74) is 3.08. The minimum absolute atomic E-state index is 0.0644. The first kappa shape index (κ1) is 24.0. The van der Waals surface area contributed by atoms with Crippen LogP contribution in [0.2, 0.25) is 0 Å². The van der Waals surface area contributed by atoms with Crippen LogP contribution in [0.3, 0.4) is 0 Å². The molecule has 186 valence electrons. The second-order valence-electron chi connectivity index (χ2n) is 9.26. The summed E-state index contributed by atoms with van der Waals surface area (Å²) in [6, 6.07) is 18.6. The quantitative estimate of drug-likeness (QED) is 0.470. The third-order valence-corrected chi connectivity index (χ3v) is 6.77. The van der Waals surface area contributed by atoms with Crippen LogP contribution in [0.4, 0.5) is 5.69 Å². The number of anilines is 1. The van der Waals surface area contributed by atoms with E-state index in [-0.39, 0.29) is 49.0 Å². The van der Waals surface area contributed by atoms with Gasteiger partial charge < -0.3 is 25.2 Å². The molecule has 0 aliphatic carbocycles. The molecule has 1 aromatic heterocycles. The minimum Gasteiger partial charge on any atom is -0.487 e. The van der Waals surface area contributed by atoms with E-state index in [1.807, 2.05) is 49.4 Å². The van der Waals surface area contributed by atoms with Crippen molar-refractivity contribution in [3.63, 3.8) is 0 Å². The number of nitrogens with zero attached hydrogens (tertiary/aromatic N) is 1. The van der Waals surface area contributed by atoms with Crippen molar-refractivity contribution in [2.75, 3.05) is 11.9 Å². The van der Waals surface area contributed by atoms with Crippen molar-refractivity contribution in [3.8, 4) is 5.75 Å². The van der Waals surface area contributed by atoms with Crippen molar-refractivity contribution in [3.05, 3.63) is 89.7 Å². The maximum absolute atomic E-state index is 12.8. The third-order valence-electron chi connectivity index (χ3n) is 6.77. The van der Waals surface area contributed by atoms with Crippen molar-refractivity contribution in [2.24, 2.45) is 0 Å². The van der Waals surface area contributed by atoms with Crippen LogP contribution in [0.25, 0.3) is 0 Å². The second-order valence-corrected chi connectivity index (χ2v) is 9.26. The average molecular weight is 488 g/mol. The van der Waals surface area contributed by atoms with E-state index in [2.05, 4.69) is 15.6 Å². The number of pyridine rings is 1. The SMILES string of the molecule is C[C@@H](NC(=O)C[C@H]1C[C@@H]2c3cc(NC(=O)c4cccnc4)ccc3O[C@@H]2[C@H](CO)O1)c1ccccc1. The molecule has 1 saturated heterocycles. The molecule has 0 spiro atoms. The largest absolute Gasteiger partial charge is 0.487 e. The summed E-state index contributed by atoms with van der Waals surface area (Å²) >= 11 is 0. The van der Waals surface area contributed by atoms with Crippen LogP contribution in [-0.4, -0.2) is 46.8 Å². The second kappa shape index (κ2) is 10.5. The highest BCUT2D eigenvalue weighted by Gasteiger charge is 2.46. The molecule has 2 amide bonds. The fourth-order valence-corrected chi connectivity index (χ4v) is 5.00. The Morgan fingerprint density at radius 2 is 1.97 bits per heavy atom. The van der Waals surface area contributed by atoms with Gasteiger partial charge in [0, 0.05) is 29.6 Å². The topological polar surface area (TPSA) is 110 Å².